The third kappa shape index (κ3) is 4.02. The van der Waals surface area contributed by atoms with E-state index in [9.17, 15) is 9.59 Å². The molecule has 2 aromatic rings. The van der Waals surface area contributed by atoms with Gasteiger partial charge in [-0.2, -0.15) is 0 Å². The number of carbonyl (C=O) groups excluding carboxylic acids is 2. The van der Waals surface area contributed by atoms with Gasteiger partial charge in [-0.25, -0.2) is 4.79 Å². The van der Waals surface area contributed by atoms with Crippen LogP contribution >= 0.6 is 0 Å². The number of rotatable bonds is 8. The molecule has 0 radical (unpaired) electrons. The highest BCUT2D eigenvalue weighted by Gasteiger charge is 2.38. The van der Waals surface area contributed by atoms with Crippen LogP contribution in [0, 0.1) is 0 Å². The maximum absolute atomic E-state index is 12.9. The van der Waals surface area contributed by atoms with Crippen LogP contribution in [0.15, 0.2) is 35.6 Å². The Hall–Kier alpha value is -4.08. The first-order valence-corrected chi connectivity index (χ1v) is 10.3. The largest absolute Gasteiger partial charge is 0.497 e. The zero-order valence-corrected chi connectivity index (χ0v) is 19.4. The highest BCUT2D eigenvalue weighted by Crippen LogP contribution is 2.49. The van der Waals surface area contributed by atoms with Gasteiger partial charge in [0.1, 0.15) is 18.1 Å². The van der Waals surface area contributed by atoms with E-state index in [1.165, 1.54) is 35.4 Å². The summed E-state index contributed by atoms with van der Waals surface area (Å²) in [6.45, 7) is 1.27. The van der Waals surface area contributed by atoms with Gasteiger partial charge in [-0.1, -0.05) is 0 Å². The van der Waals surface area contributed by atoms with E-state index in [0.29, 0.717) is 45.6 Å². The van der Waals surface area contributed by atoms with Gasteiger partial charge in [0.05, 0.1) is 34.0 Å². The number of ether oxygens (including phenoxy) is 8. The predicted molar refractivity (Wildman–Crippen MR) is 117 cm³/mol. The molecule has 0 bridgehead atoms. The number of benzene rings is 2. The van der Waals surface area contributed by atoms with Crippen molar-refractivity contribution in [3.05, 3.63) is 46.7 Å². The van der Waals surface area contributed by atoms with E-state index in [2.05, 4.69) is 0 Å². The molecule has 2 heterocycles. The summed E-state index contributed by atoms with van der Waals surface area (Å²) >= 11 is 0. The highest BCUT2D eigenvalue weighted by molar-refractivity contribution is 5.94. The van der Waals surface area contributed by atoms with Gasteiger partial charge in [0.15, 0.2) is 23.0 Å². The average molecular weight is 472 g/mol. The molecule has 1 atom stereocenters. The standard InChI is InChI=1S/C24H24O10/c1-12(25)34-15-9-17-16(32-11-33-17)8-14(15)21(22-20(29-4)10-31-24(22)26)13-6-18(27-2)23(30-5)19(7-13)28-3/h6-9,21H,10-11H2,1-5H3/t21-/m1/s1. The maximum atomic E-state index is 12.9. The number of fused-ring (bicyclic) bond motifs is 1. The fraction of sp³-hybridized carbons (Fsp3) is 0.333. The van der Waals surface area contributed by atoms with Crippen molar-refractivity contribution in [1.82, 2.24) is 0 Å². The molecular formula is C24H24O10. The number of cyclic esters (lactones) is 1. The van der Waals surface area contributed by atoms with Gasteiger partial charge < -0.3 is 37.9 Å². The predicted octanol–water partition coefficient (Wildman–Crippen LogP) is 2.96. The minimum atomic E-state index is -0.803. The van der Waals surface area contributed by atoms with Crippen molar-refractivity contribution in [3.63, 3.8) is 0 Å². The Kier molecular flexibility index (Phi) is 6.40. The molecule has 0 N–H and O–H groups in total. The van der Waals surface area contributed by atoms with E-state index in [0.717, 1.165) is 0 Å². The molecule has 0 aliphatic carbocycles. The van der Waals surface area contributed by atoms with Gasteiger partial charge in [0.25, 0.3) is 0 Å². The minimum absolute atomic E-state index is 0.0151. The first-order chi connectivity index (χ1) is 16.4. The summed E-state index contributed by atoms with van der Waals surface area (Å²) in [5.74, 6) is 0.614. The quantitative estimate of drug-likeness (QED) is 0.420. The van der Waals surface area contributed by atoms with Crippen molar-refractivity contribution in [1.29, 1.82) is 0 Å². The monoisotopic (exact) mass is 472 g/mol. The Morgan fingerprint density at radius 3 is 2.06 bits per heavy atom. The molecule has 0 unspecified atom stereocenters. The Balaban J connectivity index is 2.03. The number of hydrogen-bond donors (Lipinski definition) is 0. The molecule has 0 fully saturated rings. The lowest BCUT2D eigenvalue weighted by Gasteiger charge is -2.23. The van der Waals surface area contributed by atoms with Crippen molar-refractivity contribution < 1.29 is 47.5 Å². The molecular weight excluding hydrogens is 448 g/mol. The van der Waals surface area contributed by atoms with Gasteiger partial charge in [-0.05, 0) is 23.8 Å². The van der Waals surface area contributed by atoms with Crippen LogP contribution in [0.1, 0.15) is 24.0 Å². The topological polar surface area (TPSA) is 108 Å². The Morgan fingerprint density at radius 1 is 0.853 bits per heavy atom. The summed E-state index contributed by atoms with van der Waals surface area (Å²) < 4.78 is 43.8. The van der Waals surface area contributed by atoms with E-state index in [1.54, 1.807) is 24.3 Å². The summed E-state index contributed by atoms with van der Waals surface area (Å²) in [6.07, 6.45) is 0. The Morgan fingerprint density at radius 2 is 1.50 bits per heavy atom. The van der Waals surface area contributed by atoms with Crippen molar-refractivity contribution in [3.8, 4) is 34.5 Å². The smallest absolute Gasteiger partial charge is 0.338 e. The van der Waals surface area contributed by atoms with Gasteiger partial charge in [-0.15, -0.1) is 0 Å². The lowest BCUT2D eigenvalue weighted by Crippen LogP contribution is -2.15. The molecule has 0 saturated carbocycles. The minimum Gasteiger partial charge on any atom is -0.497 e. The van der Waals surface area contributed by atoms with Gasteiger partial charge >= 0.3 is 11.9 Å². The summed E-state index contributed by atoms with van der Waals surface area (Å²) in [5, 5.41) is 0. The van der Waals surface area contributed by atoms with E-state index >= 15 is 0 Å². The molecule has 0 saturated heterocycles. The molecule has 0 aromatic heterocycles. The molecule has 10 heteroatoms. The van der Waals surface area contributed by atoms with Crippen LogP contribution in [0.3, 0.4) is 0 Å². The molecule has 10 nitrogen and oxygen atoms in total. The van der Waals surface area contributed by atoms with Crippen LogP contribution in [0.4, 0.5) is 0 Å². The van der Waals surface area contributed by atoms with Crippen LogP contribution in [-0.4, -0.2) is 53.8 Å². The zero-order chi connectivity index (χ0) is 24.4. The highest BCUT2D eigenvalue weighted by atomic mass is 16.7. The summed E-state index contributed by atoms with van der Waals surface area (Å²) in [5.41, 5.74) is 1.27. The number of hydrogen-bond acceptors (Lipinski definition) is 10. The van der Waals surface area contributed by atoms with Crippen molar-refractivity contribution in [2.75, 3.05) is 41.8 Å². The normalized spacial score (nSPS) is 15.0. The second-order valence-electron chi connectivity index (χ2n) is 7.35. The molecule has 0 amide bonds. The lowest BCUT2D eigenvalue weighted by atomic mass is 9.83. The lowest BCUT2D eigenvalue weighted by molar-refractivity contribution is -0.136. The first-order valence-electron chi connectivity index (χ1n) is 10.3. The fourth-order valence-electron chi connectivity index (χ4n) is 4.03. The number of methoxy groups -OCH3 is 4. The van der Waals surface area contributed by atoms with Crippen LogP contribution < -0.4 is 28.4 Å². The van der Waals surface area contributed by atoms with E-state index in [4.69, 9.17) is 37.9 Å². The van der Waals surface area contributed by atoms with Crippen LogP contribution in [0.2, 0.25) is 0 Å². The molecule has 2 aromatic carbocycles. The molecule has 4 rings (SSSR count). The van der Waals surface area contributed by atoms with Crippen molar-refractivity contribution >= 4 is 11.9 Å². The first kappa shape index (κ1) is 23.1. The van der Waals surface area contributed by atoms with E-state index in [1.807, 2.05) is 0 Å². The molecule has 2 aliphatic heterocycles. The zero-order valence-electron chi connectivity index (χ0n) is 19.4. The fourth-order valence-corrected chi connectivity index (χ4v) is 4.03. The molecule has 34 heavy (non-hydrogen) atoms. The summed E-state index contributed by atoms with van der Waals surface area (Å²) in [4.78, 5) is 24.9. The van der Waals surface area contributed by atoms with Crippen LogP contribution in [-0.2, 0) is 19.1 Å². The van der Waals surface area contributed by atoms with Gasteiger partial charge in [0, 0.05) is 24.5 Å². The average Bonchev–Trinajstić information content (AvgIpc) is 3.44. The maximum Gasteiger partial charge on any atom is 0.338 e. The Bertz CT molecular complexity index is 1140. The molecule has 2 aliphatic rings. The second kappa shape index (κ2) is 9.42. The second-order valence-corrected chi connectivity index (χ2v) is 7.35. The van der Waals surface area contributed by atoms with Crippen LogP contribution in [0.5, 0.6) is 34.5 Å². The number of esters is 2. The van der Waals surface area contributed by atoms with E-state index in [-0.39, 0.29) is 24.7 Å². The summed E-state index contributed by atoms with van der Waals surface area (Å²) in [6, 6.07) is 6.64. The van der Waals surface area contributed by atoms with Gasteiger partial charge in [-0.3, -0.25) is 4.79 Å². The Labute approximate surface area is 195 Å². The van der Waals surface area contributed by atoms with Crippen LogP contribution in [0.25, 0.3) is 0 Å². The van der Waals surface area contributed by atoms with Gasteiger partial charge in [0.2, 0.25) is 12.5 Å². The molecule has 180 valence electrons. The van der Waals surface area contributed by atoms with Crippen molar-refractivity contribution in [2.45, 2.75) is 12.8 Å². The van der Waals surface area contributed by atoms with Crippen molar-refractivity contribution in [2.24, 2.45) is 0 Å². The third-order valence-corrected chi connectivity index (χ3v) is 5.48. The third-order valence-electron chi connectivity index (χ3n) is 5.48. The number of carbonyl (C=O) groups is 2. The molecule has 0 spiro atoms. The summed E-state index contributed by atoms with van der Waals surface area (Å²) in [7, 11) is 5.93. The SMILES string of the molecule is COC1=C([C@H](c2cc(OC)c(OC)c(OC)c2)c2cc3c(cc2OC(C)=O)OCO3)C(=O)OC1. The van der Waals surface area contributed by atoms with E-state index < -0.39 is 17.9 Å².